The molecule has 5 nitrogen and oxygen atoms in total. The molecule has 0 aliphatic carbocycles. The second-order valence-corrected chi connectivity index (χ2v) is 4.77. The molecule has 18 heavy (non-hydrogen) atoms. The minimum absolute atomic E-state index is 0.171. The van der Waals surface area contributed by atoms with E-state index in [1.807, 2.05) is 6.92 Å². The zero-order valence-electron chi connectivity index (χ0n) is 10.9. The highest BCUT2D eigenvalue weighted by atomic mass is 16.4. The van der Waals surface area contributed by atoms with Crippen LogP contribution in [0.3, 0.4) is 0 Å². The third kappa shape index (κ3) is 3.24. The van der Waals surface area contributed by atoms with Crippen molar-refractivity contribution in [3.63, 3.8) is 0 Å². The number of carbonyl (C=O) groups excluding carboxylic acids is 1. The molecule has 0 saturated carbocycles. The Morgan fingerprint density at radius 1 is 1.56 bits per heavy atom. The summed E-state index contributed by atoms with van der Waals surface area (Å²) in [6, 6.07) is -0.171. The molecule has 2 N–H and O–H groups in total. The van der Waals surface area contributed by atoms with Crippen LogP contribution in [0.1, 0.15) is 32.6 Å². The molecule has 0 aromatic carbocycles. The minimum atomic E-state index is -0.798. The summed E-state index contributed by atoms with van der Waals surface area (Å²) in [7, 11) is 0. The van der Waals surface area contributed by atoms with Crippen molar-refractivity contribution < 1.29 is 14.7 Å². The van der Waals surface area contributed by atoms with Crippen LogP contribution in [0.15, 0.2) is 12.7 Å². The van der Waals surface area contributed by atoms with E-state index in [1.54, 1.807) is 11.0 Å². The molecule has 0 radical (unpaired) electrons. The van der Waals surface area contributed by atoms with Gasteiger partial charge in [-0.1, -0.05) is 13.0 Å². The van der Waals surface area contributed by atoms with Crippen molar-refractivity contribution >= 4 is 12.0 Å². The first-order chi connectivity index (χ1) is 8.55. The quantitative estimate of drug-likeness (QED) is 0.581. The van der Waals surface area contributed by atoms with E-state index in [2.05, 4.69) is 11.9 Å². The Labute approximate surface area is 108 Å². The fourth-order valence-electron chi connectivity index (χ4n) is 2.31. The van der Waals surface area contributed by atoms with Crippen molar-refractivity contribution in [3.8, 4) is 0 Å². The summed E-state index contributed by atoms with van der Waals surface area (Å²) < 4.78 is 0. The van der Waals surface area contributed by atoms with Gasteiger partial charge in [0.2, 0.25) is 0 Å². The van der Waals surface area contributed by atoms with Gasteiger partial charge >= 0.3 is 12.0 Å². The van der Waals surface area contributed by atoms with Gasteiger partial charge in [-0.25, -0.2) is 4.79 Å². The number of carboxylic acid groups (broad SMARTS) is 1. The Kier molecular flexibility index (Phi) is 5.19. The molecule has 0 bridgehead atoms. The van der Waals surface area contributed by atoms with Crippen LogP contribution in [-0.4, -0.2) is 41.6 Å². The predicted molar refractivity (Wildman–Crippen MR) is 69.4 cm³/mol. The predicted octanol–water partition coefficient (Wildman–Crippen LogP) is 1.85. The maximum absolute atomic E-state index is 11.9. The van der Waals surface area contributed by atoms with Gasteiger partial charge in [-0.05, 0) is 25.7 Å². The number of hydrogen-bond acceptors (Lipinski definition) is 2. The fraction of sp³-hybridized carbons (Fsp3) is 0.692. The number of nitrogens with zero attached hydrogens (tertiary/aromatic N) is 1. The van der Waals surface area contributed by atoms with E-state index in [4.69, 9.17) is 0 Å². The Bertz CT molecular complexity index is 330. The summed E-state index contributed by atoms with van der Waals surface area (Å²) in [5.41, 5.74) is -0.770. The second kappa shape index (κ2) is 6.42. The number of urea groups is 1. The Hall–Kier alpha value is -1.52. The molecular formula is C13H22N2O3. The van der Waals surface area contributed by atoms with Gasteiger partial charge in [0, 0.05) is 19.6 Å². The largest absolute Gasteiger partial charge is 0.481 e. The molecule has 0 aromatic rings. The minimum Gasteiger partial charge on any atom is -0.481 e. The van der Waals surface area contributed by atoms with Crippen molar-refractivity contribution in [1.29, 1.82) is 0 Å². The molecule has 1 heterocycles. The summed E-state index contributed by atoms with van der Waals surface area (Å²) in [5.74, 6) is -0.798. The molecule has 1 unspecified atom stereocenters. The number of likely N-dealkylation sites (tertiary alicyclic amines) is 1. The molecular weight excluding hydrogens is 232 g/mol. The smallest absolute Gasteiger partial charge is 0.317 e. The molecule has 1 saturated heterocycles. The monoisotopic (exact) mass is 254 g/mol. The third-order valence-electron chi connectivity index (χ3n) is 3.62. The maximum Gasteiger partial charge on any atom is 0.317 e. The molecule has 0 spiro atoms. The van der Waals surface area contributed by atoms with E-state index in [-0.39, 0.29) is 6.03 Å². The van der Waals surface area contributed by atoms with E-state index in [0.29, 0.717) is 32.5 Å². The van der Waals surface area contributed by atoms with E-state index < -0.39 is 11.4 Å². The molecule has 0 aromatic heterocycles. The molecule has 1 aliphatic rings. The zero-order valence-corrected chi connectivity index (χ0v) is 10.9. The van der Waals surface area contributed by atoms with Gasteiger partial charge in [-0.15, -0.1) is 6.58 Å². The highest BCUT2D eigenvalue weighted by Gasteiger charge is 2.41. The topological polar surface area (TPSA) is 69.6 Å². The lowest BCUT2D eigenvalue weighted by Crippen LogP contribution is -2.52. The first-order valence-corrected chi connectivity index (χ1v) is 6.43. The third-order valence-corrected chi connectivity index (χ3v) is 3.62. The summed E-state index contributed by atoms with van der Waals surface area (Å²) in [4.78, 5) is 24.9. The van der Waals surface area contributed by atoms with E-state index >= 15 is 0 Å². The van der Waals surface area contributed by atoms with Crippen molar-refractivity contribution in [2.45, 2.75) is 32.6 Å². The molecule has 1 aliphatic heterocycles. The van der Waals surface area contributed by atoms with Crippen LogP contribution >= 0.6 is 0 Å². The number of aliphatic carboxylic acids is 1. The zero-order chi connectivity index (χ0) is 13.6. The second-order valence-electron chi connectivity index (χ2n) is 4.77. The van der Waals surface area contributed by atoms with Crippen LogP contribution < -0.4 is 5.32 Å². The summed E-state index contributed by atoms with van der Waals surface area (Å²) >= 11 is 0. The van der Waals surface area contributed by atoms with Gasteiger partial charge in [-0.2, -0.15) is 0 Å². The highest BCUT2D eigenvalue weighted by molar-refractivity contribution is 5.78. The summed E-state index contributed by atoms with van der Waals surface area (Å²) in [6.45, 7) is 6.94. The number of rotatable bonds is 5. The normalized spacial score (nSPS) is 23.5. The van der Waals surface area contributed by atoms with Gasteiger partial charge in [-0.3, -0.25) is 4.79 Å². The molecule has 5 heteroatoms. The fourth-order valence-corrected chi connectivity index (χ4v) is 2.31. The Morgan fingerprint density at radius 2 is 2.28 bits per heavy atom. The summed E-state index contributed by atoms with van der Waals surface area (Å²) in [6.07, 6.45) is 4.41. The van der Waals surface area contributed by atoms with Crippen LogP contribution in [0.2, 0.25) is 0 Å². The highest BCUT2D eigenvalue weighted by Crippen LogP contribution is 2.33. The van der Waals surface area contributed by atoms with Gasteiger partial charge < -0.3 is 15.3 Å². The van der Waals surface area contributed by atoms with Crippen molar-refractivity contribution in [2.75, 3.05) is 19.6 Å². The van der Waals surface area contributed by atoms with Crippen LogP contribution in [0.4, 0.5) is 4.79 Å². The van der Waals surface area contributed by atoms with E-state index in [9.17, 15) is 14.7 Å². The van der Waals surface area contributed by atoms with E-state index in [1.165, 1.54) is 0 Å². The average Bonchev–Trinajstić information content (AvgIpc) is 2.38. The van der Waals surface area contributed by atoms with Crippen LogP contribution in [-0.2, 0) is 4.79 Å². The molecule has 102 valence electrons. The number of carboxylic acids is 1. The van der Waals surface area contributed by atoms with Crippen molar-refractivity contribution in [3.05, 3.63) is 12.7 Å². The molecule has 2 amide bonds. The maximum atomic E-state index is 11.9. The number of carbonyl (C=O) groups is 2. The van der Waals surface area contributed by atoms with Crippen LogP contribution in [0.5, 0.6) is 0 Å². The van der Waals surface area contributed by atoms with Gasteiger partial charge in [0.1, 0.15) is 0 Å². The number of amides is 2. The number of piperidine rings is 1. The van der Waals surface area contributed by atoms with Crippen molar-refractivity contribution in [2.24, 2.45) is 5.41 Å². The lowest BCUT2D eigenvalue weighted by Gasteiger charge is -2.39. The lowest BCUT2D eigenvalue weighted by atomic mass is 9.78. The number of hydrogen-bond donors (Lipinski definition) is 2. The first kappa shape index (κ1) is 14.5. The van der Waals surface area contributed by atoms with Crippen molar-refractivity contribution in [1.82, 2.24) is 10.2 Å². The Balaban J connectivity index is 2.59. The lowest BCUT2D eigenvalue weighted by molar-refractivity contribution is -0.152. The van der Waals surface area contributed by atoms with Crippen LogP contribution in [0.25, 0.3) is 0 Å². The average molecular weight is 254 g/mol. The standard InChI is InChI=1S/C13H22N2O3/c1-3-5-8-14-12(18)15-9-6-7-13(4-2,10-15)11(16)17/h3H,1,4-10H2,2H3,(H,14,18)(H,16,17). The molecule has 1 atom stereocenters. The van der Waals surface area contributed by atoms with Gasteiger partial charge in [0.15, 0.2) is 0 Å². The molecule has 1 rings (SSSR count). The van der Waals surface area contributed by atoms with Gasteiger partial charge in [0.05, 0.1) is 5.41 Å². The van der Waals surface area contributed by atoms with Gasteiger partial charge in [0.25, 0.3) is 0 Å². The van der Waals surface area contributed by atoms with Crippen LogP contribution in [0, 0.1) is 5.41 Å². The number of nitrogens with one attached hydrogen (secondary N) is 1. The summed E-state index contributed by atoms with van der Waals surface area (Å²) in [5, 5.41) is 12.1. The SMILES string of the molecule is C=CCCNC(=O)N1CCCC(CC)(C(=O)O)C1. The Morgan fingerprint density at radius 3 is 2.83 bits per heavy atom. The first-order valence-electron chi connectivity index (χ1n) is 6.43. The molecule has 1 fully saturated rings. The van der Waals surface area contributed by atoms with E-state index in [0.717, 1.165) is 12.8 Å².